The van der Waals surface area contributed by atoms with Crippen LogP contribution >= 0.6 is 67.8 Å². The molecule has 0 aliphatic rings. The second-order valence-corrected chi connectivity index (χ2v) is 7.29. The highest BCUT2D eigenvalue weighted by atomic mass is 127. The van der Waals surface area contributed by atoms with Crippen molar-refractivity contribution in [1.82, 2.24) is 9.97 Å². The first kappa shape index (κ1) is 15.5. The Kier molecular flexibility index (Phi) is 5.45. The first-order valence-corrected chi connectivity index (χ1v) is 8.53. The molecule has 0 unspecified atom stereocenters. The molecule has 0 atom stereocenters. The molecule has 1 aromatic heterocycles. The average Bonchev–Trinajstić information content (AvgIpc) is 2.76. The van der Waals surface area contributed by atoms with Crippen molar-refractivity contribution >= 4 is 73.7 Å². The Hall–Kier alpha value is 0.0900. The summed E-state index contributed by atoms with van der Waals surface area (Å²) in [6.45, 7) is 2.08. The number of imidazole rings is 1. The largest absolute Gasteiger partial charge is 0.455 e. The van der Waals surface area contributed by atoms with E-state index in [9.17, 15) is 4.79 Å². The van der Waals surface area contributed by atoms with Crippen LogP contribution in [0.1, 0.15) is 21.7 Å². The number of rotatable bonds is 3. The van der Waals surface area contributed by atoms with E-state index in [-0.39, 0.29) is 12.6 Å². The number of aromatic amines is 1. The summed E-state index contributed by atoms with van der Waals surface area (Å²) in [5, 5.41) is 0. The normalized spacial score (nSPS) is 10.5. The third-order valence-corrected chi connectivity index (χ3v) is 6.16. The molecule has 1 N–H and O–H groups in total. The maximum absolute atomic E-state index is 12.1. The minimum absolute atomic E-state index is 0.187. The Balaban J connectivity index is 2.15. The van der Waals surface area contributed by atoms with E-state index in [0.29, 0.717) is 5.56 Å². The van der Waals surface area contributed by atoms with Gasteiger partial charge in [-0.25, -0.2) is 9.78 Å². The predicted octanol–water partition coefficient (Wildman–Crippen LogP) is 3.89. The predicted molar refractivity (Wildman–Crippen MR) is 97.0 cm³/mol. The maximum Gasteiger partial charge on any atom is 0.339 e. The van der Waals surface area contributed by atoms with Crippen LogP contribution in [0.25, 0.3) is 0 Å². The van der Waals surface area contributed by atoms with E-state index in [4.69, 9.17) is 4.74 Å². The third-order valence-electron chi connectivity index (χ3n) is 2.49. The summed E-state index contributed by atoms with van der Waals surface area (Å²) in [6.07, 6.45) is 1.59. The molecule has 0 saturated heterocycles. The van der Waals surface area contributed by atoms with E-state index < -0.39 is 0 Å². The van der Waals surface area contributed by atoms with Crippen molar-refractivity contribution < 1.29 is 9.53 Å². The van der Waals surface area contributed by atoms with Crippen molar-refractivity contribution in [3.8, 4) is 0 Å². The number of benzene rings is 1. The zero-order chi connectivity index (χ0) is 14.0. The van der Waals surface area contributed by atoms with Crippen LogP contribution in [0.5, 0.6) is 0 Å². The first-order chi connectivity index (χ1) is 8.99. The van der Waals surface area contributed by atoms with E-state index >= 15 is 0 Å². The number of hydrogen-bond donors (Lipinski definition) is 1. The molecule has 0 amide bonds. The fourth-order valence-electron chi connectivity index (χ4n) is 1.45. The SMILES string of the molecule is Cc1[nH]cnc1COC(=O)c1cc(I)cc(I)c1I. The molecule has 100 valence electrons. The number of H-pyrrole nitrogens is 1. The number of aromatic nitrogens is 2. The second kappa shape index (κ2) is 6.70. The van der Waals surface area contributed by atoms with Crippen molar-refractivity contribution in [2.75, 3.05) is 0 Å². The van der Waals surface area contributed by atoms with Gasteiger partial charge in [-0.15, -0.1) is 0 Å². The Labute approximate surface area is 151 Å². The van der Waals surface area contributed by atoms with Gasteiger partial charge >= 0.3 is 5.97 Å². The Morgan fingerprint density at radius 3 is 2.74 bits per heavy atom. The van der Waals surface area contributed by atoms with Crippen LogP contribution in [0.4, 0.5) is 0 Å². The van der Waals surface area contributed by atoms with Gasteiger partial charge in [0.1, 0.15) is 6.61 Å². The zero-order valence-electron chi connectivity index (χ0n) is 9.84. The molecule has 2 rings (SSSR count). The lowest BCUT2D eigenvalue weighted by molar-refractivity contribution is 0.0466. The molecule has 1 heterocycles. The van der Waals surface area contributed by atoms with Gasteiger partial charge in [-0.1, -0.05) is 0 Å². The number of aryl methyl sites for hydroxylation is 1. The fourth-order valence-corrected chi connectivity index (χ4v) is 3.83. The van der Waals surface area contributed by atoms with Crippen molar-refractivity contribution in [3.63, 3.8) is 0 Å². The summed E-state index contributed by atoms with van der Waals surface area (Å²) in [6, 6.07) is 3.86. The quantitative estimate of drug-likeness (QED) is 0.334. The van der Waals surface area contributed by atoms with Crippen LogP contribution in [-0.4, -0.2) is 15.9 Å². The monoisotopic (exact) mass is 594 g/mol. The van der Waals surface area contributed by atoms with Gasteiger partial charge in [0, 0.05) is 16.4 Å². The molecule has 1 aromatic carbocycles. The first-order valence-electron chi connectivity index (χ1n) is 5.29. The summed E-state index contributed by atoms with van der Waals surface area (Å²) in [5.41, 5.74) is 2.27. The number of carbonyl (C=O) groups excluding carboxylic acids is 1. The van der Waals surface area contributed by atoms with Gasteiger partial charge in [-0.05, 0) is 86.8 Å². The number of carbonyl (C=O) groups is 1. The van der Waals surface area contributed by atoms with E-state index in [1.54, 1.807) is 6.33 Å². The molecule has 7 heteroatoms. The van der Waals surface area contributed by atoms with Gasteiger partial charge in [0.2, 0.25) is 0 Å². The second-order valence-electron chi connectivity index (χ2n) is 3.80. The van der Waals surface area contributed by atoms with Crippen LogP contribution in [0, 0.1) is 17.6 Å². The van der Waals surface area contributed by atoms with Crippen molar-refractivity contribution in [3.05, 3.63) is 46.1 Å². The smallest absolute Gasteiger partial charge is 0.339 e. The van der Waals surface area contributed by atoms with Gasteiger partial charge in [-0.2, -0.15) is 0 Å². The lowest BCUT2D eigenvalue weighted by atomic mass is 10.2. The molecule has 0 aliphatic carbocycles. The molecule has 0 saturated carbocycles. The van der Waals surface area contributed by atoms with Crippen molar-refractivity contribution in [2.45, 2.75) is 13.5 Å². The van der Waals surface area contributed by atoms with E-state index in [1.165, 1.54) is 0 Å². The summed E-state index contributed by atoms with van der Waals surface area (Å²) in [7, 11) is 0. The minimum atomic E-state index is -0.316. The Morgan fingerprint density at radius 1 is 1.37 bits per heavy atom. The number of nitrogens with zero attached hydrogens (tertiary/aromatic N) is 1. The van der Waals surface area contributed by atoms with Gasteiger partial charge in [-0.3, -0.25) is 0 Å². The number of esters is 1. The summed E-state index contributed by atoms with van der Waals surface area (Å²) in [4.78, 5) is 19.2. The van der Waals surface area contributed by atoms with Crippen LogP contribution < -0.4 is 0 Å². The third kappa shape index (κ3) is 3.80. The highest BCUT2D eigenvalue weighted by molar-refractivity contribution is 14.1. The van der Waals surface area contributed by atoms with E-state index in [2.05, 4.69) is 77.7 Å². The molecular weight excluding hydrogens is 585 g/mol. The molecule has 4 nitrogen and oxygen atoms in total. The molecule has 0 spiro atoms. The Bertz CT molecular complexity index is 625. The molecule has 0 aliphatic heterocycles. The molecular formula is C12H9I3N2O2. The van der Waals surface area contributed by atoms with Crippen molar-refractivity contribution in [2.24, 2.45) is 0 Å². The Morgan fingerprint density at radius 2 is 2.11 bits per heavy atom. The summed E-state index contributed by atoms with van der Waals surface area (Å²) >= 11 is 6.57. The van der Waals surface area contributed by atoms with Crippen LogP contribution in [-0.2, 0) is 11.3 Å². The number of halogens is 3. The molecule has 0 bridgehead atoms. The molecule has 2 aromatic rings. The summed E-state index contributed by atoms with van der Waals surface area (Å²) in [5.74, 6) is -0.316. The highest BCUT2D eigenvalue weighted by Crippen LogP contribution is 2.23. The highest BCUT2D eigenvalue weighted by Gasteiger charge is 2.15. The van der Waals surface area contributed by atoms with Crippen LogP contribution in [0.3, 0.4) is 0 Å². The number of hydrogen-bond acceptors (Lipinski definition) is 3. The molecule has 0 fully saturated rings. The number of nitrogens with one attached hydrogen (secondary N) is 1. The average molecular weight is 594 g/mol. The van der Waals surface area contributed by atoms with Gasteiger partial charge in [0.05, 0.1) is 17.6 Å². The van der Waals surface area contributed by atoms with Crippen LogP contribution in [0.15, 0.2) is 18.5 Å². The minimum Gasteiger partial charge on any atom is -0.455 e. The van der Waals surface area contributed by atoms with Gasteiger partial charge in [0.25, 0.3) is 0 Å². The fraction of sp³-hybridized carbons (Fsp3) is 0.167. The van der Waals surface area contributed by atoms with Crippen LogP contribution in [0.2, 0.25) is 0 Å². The molecule has 19 heavy (non-hydrogen) atoms. The van der Waals surface area contributed by atoms with Gasteiger partial charge < -0.3 is 9.72 Å². The lowest BCUT2D eigenvalue weighted by Crippen LogP contribution is -2.09. The van der Waals surface area contributed by atoms with E-state index in [1.807, 2.05) is 19.1 Å². The lowest BCUT2D eigenvalue weighted by Gasteiger charge is -2.08. The van der Waals surface area contributed by atoms with E-state index in [0.717, 1.165) is 22.1 Å². The summed E-state index contributed by atoms with van der Waals surface area (Å²) < 4.78 is 8.30. The number of ether oxygens (including phenoxy) is 1. The van der Waals surface area contributed by atoms with Crippen molar-refractivity contribution in [1.29, 1.82) is 0 Å². The topological polar surface area (TPSA) is 55.0 Å². The standard InChI is InChI=1S/C12H9I3N2O2/c1-6-10(17-5-16-6)4-19-12(18)8-2-7(13)3-9(14)11(8)15/h2-3,5H,4H2,1H3,(H,16,17). The molecule has 0 radical (unpaired) electrons. The zero-order valence-corrected chi connectivity index (χ0v) is 16.3. The van der Waals surface area contributed by atoms with Gasteiger partial charge in [0.15, 0.2) is 0 Å². The maximum atomic E-state index is 12.1.